The number of hydrogen-bond donors (Lipinski definition) is 1. The summed E-state index contributed by atoms with van der Waals surface area (Å²) in [5, 5.41) is 11.6. The second kappa shape index (κ2) is 7.80. The predicted octanol–water partition coefficient (Wildman–Crippen LogP) is 4.61. The minimum Gasteiger partial charge on any atom is -0.492 e. The van der Waals surface area contributed by atoms with Crippen LogP contribution in [0.2, 0.25) is 0 Å². The molecule has 5 heteroatoms. The Labute approximate surface area is 144 Å². The van der Waals surface area contributed by atoms with Crippen LogP contribution in [-0.4, -0.2) is 12.5 Å². The van der Waals surface area contributed by atoms with Gasteiger partial charge >= 0.3 is 0 Å². The summed E-state index contributed by atoms with van der Waals surface area (Å²) < 4.78 is 6.41. The number of benzene rings is 2. The van der Waals surface area contributed by atoms with Gasteiger partial charge in [-0.15, -0.1) is 0 Å². The fourth-order valence-corrected chi connectivity index (χ4v) is 2.34. The van der Waals surface area contributed by atoms with Gasteiger partial charge in [0.1, 0.15) is 5.75 Å². The number of anilines is 1. The molecule has 1 N–H and O–H groups in total. The maximum absolute atomic E-state index is 12.3. The van der Waals surface area contributed by atoms with Gasteiger partial charge in [-0.2, -0.15) is 5.26 Å². The summed E-state index contributed by atoms with van der Waals surface area (Å²) in [7, 11) is 0. The highest BCUT2D eigenvalue weighted by Crippen LogP contribution is 2.27. The van der Waals surface area contributed by atoms with E-state index in [4.69, 9.17) is 10.00 Å². The summed E-state index contributed by atoms with van der Waals surface area (Å²) in [6, 6.07) is 14.0. The van der Waals surface area contributed by atoms with Crippen LogP contribution in [0.1, 0.15) is 29.8 Å². The zero-order chi connectivity index (χ0) is 16.8. The fourth-order valence-electron chi connectivity index (χ4n) is 1.85. The van der Waals surface area contributed by atoms with Gasteiger partial charge in [0.25, 0.3) is 5.91 Å². The Balaban J connectivity index is 2.07. The summed E-state index contributed by atoms with van der Waals surface area (Å²) in [6.45, 7) is 4.77. The molecule has 0 unspecified atom stereocenters. The molecule has 0 aromatic heterocycles. The average Bonchev–Trinajstić information content (AvgIpc) is 2.54. The van der Waals surface area contributed by atoms with Crippen LogP contribution in [0.5, 0.6) is 5.75 Å². The van der Waals surface area contributed by atoms with E-state index in [-0.39, 0.29) is 5.91 Å². The number of nitrogens with one attached hydrogen (secondary N) is 1. The molecule has 0 atom stereocenters. The first-order chi connectivity index (χ1) is 11.0. The Kier molecular flexibility index (Phi) is 5.78. The molecule has 0 fully saturated rings. The molecule has 2 aromatic carbocycles. The number of nitrogens with zero attached hydrogens (tertiary/aromatic N) is 1. The van der Waals surface area contributed by atoms with Crippen LogP contribution >= 0.6 is 15.9 Å². The second-order valence-corrected chi connectivity index (χ2v) is 6.35. The van der Waals surface area contributed by atoms with Crippen LogP contribution in [0, 0.1) is 17.2 Å². The van der Waals surface area contributed by atoms with E-state index >= 15 is 0 Å². The van der Waals surface area contributed by atoms with Crippen molar-refractivity contribution < 1.29 is 9.53 Å². The molecule has 4 nitrogen and oxygen atoms in total. The van der Waals surface area contributed by atoms with Crippen LogP contribution in [0.15, 0.2) is 46.9 Å². The lowest BCUT2D eigenvalue weighted by Crippen LogP contribution is -2.12. The van der Waals surface area contributed by atoms with Crippen LogP contribution in [0.25, 0.3) is 0 Å². The summed E-state index contributed by atoms with van der Waals surface area (Å²) in [6.07, 6.45) is 0. The number of halogens is 1. The number of carbonyl (C=O) groups is 1. The van der Waals surface area contributed by atoms with E-state index in [0.29, 0.717) is 35.1 Å². The highest BCUT2D eigenvalue weighted by molar-refractivity contribution is 9.10. The summed E-state index contributed by atoms with van der Waals surface area (Å²) in [5.74, 6) is 0.931. The lowest BCUT2D eigenvalue weighted by Gasteiger charge is -2.11. The van der Waals surface area contributed by atoms with Crippen LogP contribution < -0.4 is 10.1 Å². The Hall–Kier alpha value is -2.32. The average molecular weight is 373 g/mol. The SMILES string of the molecule is CC(C)COc1ccc(C(=O)Nc2ccc(C#N)cc2)cc1Br. The Morgan fingerprint density at radius 3 is 2.52 bits per heavy atom. The molecule has 0 aliphatic carbocycles. The normalized spacial score (nSPS) is 10.2. The molecule has 0 saturated heterocycles. The molecule has 1 amide bonds. The number of rotatable bonds is 5. The van der Waals surface area contributed by atoms with Crippen molar-refractivity contribution in [2.75, 3.05) is 11.9 Å². The van der Waals surface area contributed by atoms with Crippen molar-refractivity contribution in [3.05, 3.63) is 58.1 Å². The molecular formula is C18H17BrN2O2. The van der Waals surface area contributed by atoms with Gasteiger partial charge in [0.2, 0.25) is 0 Å². The van der Waals surface area contributed by atoms with E-state index in [1.165, 1.54) is 0 Å². The van der Waals surface area contributed by atoms with E-state index in [0.717, 1.165) is 4.47 Å². The zero-order valence-corrected chi connectivity index (χ0v) is 14.6. The van der Waals surface area contributed by atoms with Crippen LogP contribution in [0.3, 0.4) is 0 Å². The smallest absolute Gasteiger partial charge is 0.255 e. The van der Waals surface area contributed by atoms with Crippen molar-refractivity contribution >= 4 is 27.5 Å². The first kappa shape index (κ1) is 17.0. The zero-order valence-electron chi connectivity index (χ0n) is 13.0. The maximum atomic E-state index is 12.3. The van der Waals surface area contributed by atoms with E-state index < -0.39 is 0 Å². The monoisotopic (exact) mass is 372 g/mol. The van der Waals surface area contributed by atoms with Gasteiger partial charge in [-0.25, -0.2) is 0 Å². The minimum absolute atomic E-state index is 0.217. The van der Waals surface area contributed by atoms with E-state index in [9.17, 15) is 4.79 Å². The van der Waals surface area contributed by atoms with Gasteiger partial charge < -0.3 is 10.1 Å². The molecule has 0 aliphatic heterocycles. The standard InChI is InChI=1S/C18H17BrN2O2/c1-12(2)11-23-17-8-5-14(9-16(17)19)18(22)21-15-6-3-13(10-20)4-7-15/h3-9,12H,11H2,1-2H3,(H,21,22). The molecule has 0 aliphatic rings. The summed E-state index contributed by atoms with van der Waals surface area (Å²) >= 11 is 3.43. The van der Waals surface area contributed by atoms with Crippen LogP contribution in [-0.2, 0) is 0 Å². The Morgan fingerprint density at radius 1 is 1.26 bits per heavy atom. The third-order valence-corrected chi connectivity index (χ3v) is 3.66. The third kappa shape index (κ3) is 4.83. The molecule has 0 heterocycles. The Bertz CT molecular complexity index is 734. The molecule has 0 bridgehead atoms. The second-order valence-electron chi connectivity index (χ2n) is 5.49. The summed E-state index contributed by atoms with van der Waals surface area (Å²) in [4.78, 5) is 12.3. The molecule has 0 saturated carbocycles. The topological polar surface area (TPSA) is 62.1 Å². The van der Waals surface area contributed by atoms with Gasteiger partial charge in [0.05, 0.1) is 22.7 Å². The van der Waals surface area contributed by atoms with Crippen molar-refractivity contribution in [2.45, 2.75) is 13.8 Å². The molecule has 2 aromatic rings. The third-order valence-electron chi connectivity index (χ3n) is 3.04. The number of nitriles is 1. The molecule has 23 heavy (non-hydrogen) atoms. The van der Waals surface area contributed by atoms with Gasteiger partial charge in [0.15, 0.2) is 0 Å². The van der Waals surface area contributed by atoms with Gasteiger partial charge in [0, 0.05) is 11.3 Å². The predicted molar refractivity (Wildman–Crippen MR) is 93.6 cm³/mol. The van der Waals surface area contributed by atoms with Gasteiger partial charge in [-0.05, 0) is 64.3 Å². The van der Waals surface area contributed by atoms with Gasteiger partial charge in [-0.3, -0.25) is 4.79 Å². The lowest BCUT2D eigenvalue weighted by molar-refractivity contribution is 0.102. The fraction of sp³-hybridized carbons (Fsp3) is 0.222. The minimum atomic E-state index is -0.217. The Morgan fingerprint density at radius 2 is 1.96 bits per heavy atom. The van der Waals surface area contributed by atoms with Crippen molar-refractivity contribution in [3.63, 3.8) is 0 Å². The van der Waals surface area contributed by atoms with Gasteiger partial charge in [-0.1, -0.05) is 13.8 Å². The lowest BCUT2D eigenvalue weighted by atomic mass is 10.2. The van der Waals surface area contributed by atoms with Crippen molar-refractivity contribution in [3.8, 4) is 11.8 Å². The van der Waals surface area contributed by atoms with E-state index in [1.54, 1.807) is 42.5 Å². The van der Waals surface area contributed by atoms with E-state index in [2.05, 4.69) is 35.1 Å². The molecule has 0 spiro atoms. The van der Waals surface area contributed by atoms with Crippen LogP contribution in [0.4, 0.5) is 5.69 Å². The quantitative estimate of drug-likeness (QED) is 0.833. The number of hydrogen-bond acceptors (Lipinski definition) is 3. The highest BCUT2D eigenvalue weighted by atomic mass is 79.9. The number of ether oxygens (including phenoxy) is 1. The molecule has 118 valence electrons. The van der Waals surface area contributed by atoms with E-state index in [1.807, 2.05) is 6.07 Å². The number of carbonyl (C=O) groups excluding carboxylic acids is 1. The largest absolute Gasteiger partial charge is 0.492 e. The maximum Gasteiger partial charge on any atom is 0.255 e. The van der Waals surface area contributed by atoms with Crippen molar-refractivity contribution in [2.24, 2.45) is 5.92 Å². The van der Waals surface area contributed by atoms with Crippen molar-refractivity contribution in [1.29, 1.82) is 5.26 Å². The van der Waals surface area contributed by atoms with Crippen molar-refractivity contribution in [1.82, 2.24) is 0 Å². The molecule has 2 rings (SSSR count). The molecular weight excluding hydrogens is 356 g/mol. The summed E-state index contributed by atoms with van der Waals surface area (Å²) in [5.41, 5.74) is 1.72. The molecule has 0 radical (unpaired) electrons. The first-order valence-corrected chi connectivity index (χ1v) is 8.02. The number of amides is 1. The first-order valence-electron chi connectivity index (χ1n) is 7.23. The highest BCUT2D eigenvalue weighted by Gasteiger charge is 2.10.